The Balaban J connectivity index is 1.70. The molecule has 2 amide bonds. The van der Waals surface area contributed by atoms with Gasteiger partial charge in [-0.25, -0.2) is 9.97 Å². The van der Waals surface area contributed by atoms with Gasteiger partial charge in [-0.2, -0.15) is 13.2 Å². The molecule has 3 aromatic rings. The second kappa shape index (κ2) is 9.55. The van der Waals surface area contributed by atoms with E-state index in [0.717, 1.165) is 12.1 Å². The van der Waals surface area contributed by atoms with Gasteiger partial charge in [-0.3, -0.25) is 9.59 Å². The quantitative estimate of drug-likeness (QED) is 0.562. The largest absolute Gasteiger partial charge is 0.493 e. The first-order valence-electron chi connectivity index (χ1n) is 11.3. The predicted octanol–water partition coefficient (Wildman–Crippen LogP) is 4.09. The van der Waals surface area contributed by atoms with Crippen LogP contribution in [0.3, 0.4) is 0 Å². The fourth-order valence-electron chi connectivity index (χ4n) is 4.37. The number of likely N-dealkylation sites (tertiary alicyclic amines) is 1. The summed E-state index contributed by atoms with van der Waals surface area (Å²) in [5.41, 5.74) is 1.02. The van der Waals surface area contributed by atoms with Crippen LogP contribution in [0.4, 0.5) is 13.2 Å². The molecule has 0 saturated carbocycles. The Morgan fingerprint density at radius 3 is 2.57 bits per heavy atom. The Labute approximate surface area is 199 Å². The van der Waals surface area contributed by atoms with Crippen LogP contribution in [0.2, 0.25) is 0 Å². The lowest BCUT2D eigenvalue weighted by molar-refractivity contribution is -0.137. The summed E-state index contributed by atoms with van der Waals surface area (Å²) in [6, 6.07) is 3.12. The van der Waals surface area contributed by atoms with Crippen molar-refractivity contribution >= 4 is 22.8 Å². The van der Waals surface area contributed by atoms with Gasteiger partial charge in [-0.1, -0.05) is 0 Å². The molecule has 186 valence electrons. The molecule has 35 heavy (non-hydrogen) atoms. The van der Waals surface area contributed by atoms with Gasteiger partial charge in [0.25, 0.3) is 5.91 Å². The number of aryl methyl sites for hydroxylation is 1. The van der Waals surface area contributed by atoms with Gasteiger partial charge >= 0.3 is 6.18 Å². The van der Waals surface area contributed by atoms with Gasteiger partial charge in [0, 0.05) is 37.3 Å². The first-order chi connectivity index (χ1) is 16.6. The molecule has 0 bridgehead atoms. The third-order valence-electron chi connectivity index (χ3n) is 6.14. The number of alkyl halides is 3. The SMILES string of the molecule is CCOc1ccc(C(F)(F)F)cc1-c1ncnc2c(C(=O)NC3CCN(C(C)=O)CC3)c(C)[nH]c12. The number of aromatic nitrogens is 3. The summed E-state index contributed by atoms with van der Waals surface area (Å²) in [6.07, 6.45) is -2.05. The first-order valence-corrected chi connectivity index (χ1v) is 11.3. The number of benzene rings is 1. The number of rotatable bonds is 5. The smallest absolute Gasteiger partial charge is 0.416 e. The van der Waals surface area contributed by atoms with Crippen LogP contribution in [0.5, 0.6) is 5.75 Å². The minimum Gasteiger partial charge on any atom is -0.493 e. The number of hydrogen-bond donors (Lipinski definition) is 2. The van der Waals surface area contributed by atoms with Gasteiger partial charge in [0.05, 0.1) is 23.3 Å². The molecule has 0 spiro atoms. The molecular weight excluding hydrogens is 463 g/mol. The van der Waals surface area contributed by atoms with E-state index in [1.165, 1.54) is 19.3 Å². The van der Waals surface area contributed by atoms with Crippen LogP contribution in [-0.2, 0) is 11.0 Å². The van der Waals surface area contributed by atoms with Gasteiger partial charge in [0.15, 0.2) is 0 Å². The number of halogens is 3. The van der Waals surface area contributed by atoms with Crippen LogP contribution < -0.4 is 10.1 Å². The lowest BCUT2D eigenvalue weighted by atomic mass is 10.0. The van der Waals surface area contributed by atoms with Crippen LogP contribution in [0, 0.1) is 6.92 Å². The summed E-state index contributed by atoms with van der Waals surface area (Å²) in [7, 11) is 0. The third-order valence-corrected chi connectivity index (χ3v) is 6.14. The molecular formula is C24H26F3N5O3. The average Bonchev–Trinajstić information content (AvgIpc) is 3.15. The highest BCUT2D eigenvalue weighted by atomic mass is 19.4. The van der Waals surface area contributed by atoms with Crippen molar-refractivity contribution in [2.24, 2.45) is 0 Å². The fourth-order valence-corrected chi connectivity index (χ4v) is 4.37. The Morgan fingerprint density at radius 1 is 1.23 bits per heavy atom. The number of aromatic amines is 1. The first kappa shape index (κ1) is 24.5. The second-order valence-corrected chi connectivity index (χ2v) is 8.47. The lowest BCUT2D eigenvalue weighted by Gasteiger charge is -2.31. The number of fused-ring (bicyclic) bond motifs is 1. The number of piperidine rings is 1. The summed E-state index contributed by atoms with van der Waals surface area (Å²) < 4.78 is 45.8. The number of nitrogens with one attached hydrogen (secondary N) is 2. The normalized spacial score (nSPS) is 14.9. The molecule has 3 heterocycles. The van der Waals surface area contributed by atoms with E-state index in [1.54, 1.807) is 18.7 Å². The maximum absolute atomic E-state index is 13.4. The Hall–Kier alpha value is -3.63. The van der Waals surface area contributed by atoms with Crippen molar-refractivity contribution in [1.82, 2.24) is 25.2 Å². The maximum atomic E-state index is 13.4. The zero-order valence-electron chi connectivity index (χ0n) is 19.6. The van der Waals surface area contributed by atoms with Crippen molar-refractivity contribution in [2.45, 2.75) is 45.8 Å². The Bertz CT molecular complexity index is 1260. The highest BCUT2D eigenvalue weighted by Gasteiger charge is 2.32. The molecule has 1 aliphatic heterocycles. The number of carbonyl (C=O) groups is 2. The molecule has 4 rings (SSSR count). The van der Waals surface area contributed by atoms with Crippen molar-refractivity contribution in [1.29, 1.82) is 0 Å². The Kier molecular flexibility index (Phi) is 6.68. The predicted molar refractivity (Wildman–Crippen MR) is 123 cm³/mol. The van der Waals surface area contributed by atoms with Crippen LogP contribution >= 0.6 is 0 Å². The summed E-state index contributed by atoms with van der Waals surface area (Å²) in [5.74, 6) is -0.0859. The van der Waals surface area contributed by atoms with Crippen molar-refractivity contribution in [3.05, 3.63) is 41.3 Å². The van der Waals surface area contributed by atoms with Gasteiger partial charge < -0.3 is 19.9 Å². The highest BCUT2D eigenvalue weighted by molar-refractivity contribution is 6.09. The van der Waals surface area contributed by atoms with Gasteiger partial charge in [-0.15, -0.1) is 0 Å². The fraction of sp³-hybridized carbons (Fsp3) is 0.417. The highest BCUT2D eigenvalue weighted by Crippen LogP contribution is 2.39. The van der Waals surface area contributed by atoms with E-state index in [2.05, 4.69) is 20.3 Å². The minimum absolute atomic E-state index is 0.00694. The van der Waals surface area contributed by atoms with Crippen LogP contribution in [0.15, 0.2) is 24.5 Å². The monoisotopic (exact) mass is 489 g/mol. The van der Waals surface area contributed by atoms with E-state index in [4.69, 9.17) is 4.74 Å². The van der Waals surface area contributed by atoms with Crippen LogP contribution in [-0.4, -0.2) is 57.4 Å². The summed E-state index contributed by atoms with van der Waals surface area (Å²) in [6.45, 7) is 6.34. The maximum Gasteiger partial charge on any atom is 0.416 e. The molecule has 11 heteroatoms. The van der Waals surface area contributed by atoms with Crippen molar-refractivity contribution < 1.29 is 27.5 Å². The second-order valence-electron chi connectivity index (χ2n) is 8.47. The molecule has 2 N–H and O–H groups in total. The number of amides is 2. The van der Waals surface area contributed by atoms with E-state index < -0.39 is 11.7 Å². The lowest BCUT2D eigenvalue weighted by Crippen LogP contribution is -2.46. The summed E-state index contributed by atoms with van der Waals surface area (Å²) >= 11 is 0. The summed E-state index contributed by atoms with van der Waals surface area (Å²) in [5, 5.41) is 3.00. The zero-order chi connectivity index (χ0) is 25.3. The van der Waals surface area contributed by atoms with E-state index in [-0.39, 0.29) is 41.5 Å². The van der Waals surface area contributed by atoms with Gasteiger partial charge in [0.2, 0.25) is 5.91 Å². The molecule has 8 nitrogen and oxygen atoms in total. The zero-order valence-corrected chi connectivity index (χ0v) is 19.6. The topological polar surface area (TPSA) is 100 Å². The molecule has 2 aromatic heterocycles. The number of H-pyrrole nitrogens is 1. The molecule has 0 aliphatic carbocycles. The van der Waals surface area contributed by atoms with E-state index in [1.807, 2.05) is 0 Å². The van der Waals surface area contributed by atoms with E-state index in [9.17, 15) is 22.8 Å². The van der Waals surface area contributed by atoms with E-state index >= 15 is 0 Å². The molecule has 0 unspecified atom stereocenters. The number of nitrogens with zero attached hydrogens (tertiary/aromatic N) is 3. The standard InChI is InChI=1S/C24H26F3N5O3/c1-4-35-18-6-5-15(24(25,26)27)11-17(18)20-22-21(29-12-28-20)19(13(2)30-22)23(34)31-16-7-9-32(10-8-16)14(3)33/h5-6,11-12,16,30H,4,7-10H2,1-3H3,(H,31,34). The van der Waals surface area contributed by atoms with Gasteiger partial charge in [0.1, 0.15) is 23.3 Å². The number of carbonyl (C=O) groups excluding carboxylic acids is 2. The van der Waals surface area contributed by atoms with Crippen LogP contribution in [0.25, 0.3) is 22.3 Å². The number of ether oxygens (including phenoxy) is 1. The van der Waals surface area contributed by atoms with Crippen molar-refractivity contribution in [2.75, 3.05) is 19.7 Å². The molecule has 0 atom stereocenters. The van der Waals surface area contributed by atoms with Crippen molar-refractivity contribution in [3.8, 4) is 17.0 Å². The Morgan fingerprint density at radius 2 is 1.94 bits per heavy atom. The molecule has 1 aliphatic rings. The minimum atomic E-state index is -4.54. The van der Waals surface area contributed by atoms with Crippen LogP contribution in [0.1, 0.15) is 48.3 Å². The molecule has 1 aromatic carbocycles. The molecule has 1 fully saturated rings. The average molecular weight is 489 g/mol. The number of hydrogen-bond acceptors (Lipinski definition) is 5. The van der Waals surface area contributed by atoms with Crippen molar-refractivity contribution in [3.63, 3.8) is 0 Å². The molecule has 0 radical (unpaired) electrons. The summed E-state index contributed by atoms with van der Waals surface area (Å²) in [4.78, 5) is 38.1. The van der Waals surface area contributed by atoms with Gasteiger partial charge in [-0.05, 0) is 44.9 Å². The van der Waals surface area contributed by atoms with E-state index in [0.29, 0.717) is 48.2 Å². The molecule has 1 saturated heterocycles. The third kappa shape index (κ3) is 4.94.